The van der Waals surface area contributed by atoms with Crippen molar-refractivity contribution in [3.8, 4) is 0 Å². The van der Waals surface area contributed by atoms with Gasteiger partial charge in [-0.25, -0.2) is 0 Å². The number of hydrogen-bond donors (Lipinski definition) is 2. The van der Waals surface area contributed by atoms with Gasteiger partial charge in [0, 0.05) is 11.6 Å². The summed E-state index contributed by atoms with van der Waals surface area (Å²) in [6.45, 7) is 0. The fraction of sp³-hybridized carbons (Fsp3) is 0.389. The fourth-order valence-corrected chi connectivity index (χ4v) is 3.10. The van der Waals surface area contributed by atoms with Gasteiger partial charge in [-0.1, -0.05) is 31.4 Å². The molecule has 2 aromatic rings. The lowest BCUT2D eigenvalue weighted by Gasteiger charge is -2.20. The van der Waals surface area contributed by atoms with Gasteiger partial charge >= 0.3 is 0 Å². The van der Waals surface area contributed by atoms with Crippen molar-refractivity contribution < 1.29 is 4.79 Å². The second kappa shape index (κ2) is 7.22. The minimum absolute atomic E-state index is 0.115. The van der Waals surface area contributed by atoms with Gasteiger partial charge in [0.25, 0.3) is 0 Å². The van der Waals surface area contributed by atoms with Crippen LogP contribution in [0.5, 0.6) is 0 Å². The minimum Gasteiger partial charge on any atom is -0.399 e. The summed E-state index contributed by atoms with van der Waals surface area (Å²) in [7, 11) is 0. The van der Waals surface area contributed by atoms with Gasteiger partial charge in [-0.2, -0.15) is 5.10 Å². The molecule has 0 atom stereocenters. The summed E-state index contributed by atoms with van der Waals surface area (Å²) in [6.07, 6.45) is 6.51. The Bertz CT molecular complexity index is 663. The van der Waals surface area contributed by atoms with Crippen LogP contribution in [0, 0.1) is 0 Å². The van der Waals surface area contributed by atoms with E-state index >= 15 is 0 Å². The first-order chi connectivity index (χ1) is 11.2. The van der Waals surface area contributed by atoms with E-state index in [2.05, 4.69) is 15.5 Å². The normalized spacial score (nSPS) is 15.3. The van der Waals surface area contributed by atoms with Crippen molar-refractivity contribution in [2.75, 3.05) is 11.1 Å². The summed E-state index contributed by atoms with van der Waals surface area (Å²) in [6, 6.07) is 11.2. The van der Waals surface area contributed by atoms with Crippen LogP contribution in [0.15, 0.2) is 36.4 Å². The summed E-state index contributed by atoms with van der Waals surface area (Å²) < 4.78 is 0. The van der Waals surface area contributed by atoms with E-state index in [4.69, 9.17) is 5.73 Å². The van der Waals surface area contributed by atoms with Crippen molar-refractivity contribution in [2.24, 2.45) is 0 Å². The van der Waals surface area contributed by atoms with E-state index in [9.17, 15) is 4.79 Å². The van der Waals surface area contributed by atoms with Crippen LogP contribution < -0.4 is 11.1 Å². The Kier molecular flexibility index (Phi) is 4.86. The zero-order chi connectivity index (χ0) is 16.1. The maximum absolute atomic E-state index is 12.1. The molecule has 23 heavy (non-hydrogen) atoms. The lowest BCUT2D eigenvalue weighted by molar-refractivity contribution is -0.115. The van der Waals surface area contributed by atoms with Gasteiger partial charge in [0.2, 0.25) is 5.91 Å². The number of nitrogen functional groups attached to an aromatic ring is 1. The first kappa shape index (κ1) is 15.5. The predicted molar refractivity (Wildman–Crippen MR) is 91.0 cm³/mol. The van der Waals surface area contributed by atoms with Gasteiger partial charge in [0.15, 0.2) is 5.82 Å². The van der Waals surface area contributed by atoms with E-state index in [1.54, 1.807) is 12.1 Å². The SMILES string of the molecule is Nc1cccc(CC(=O)Nc2ccc(C3CCCCC3)nn2)c1. The molecule has 1 saturated carbocycles. The number of nitrogens with two attached hydrogens (primary N) is 1. The largest absolute Gasteiger partial charge is 0.399 e. The molecule has 5 heteroatoms. The van der Waals surface area contributed by atoms with E-state index in [-0.39, 0.29) is 12.3 Å². The predicted octanol–water partition coefficient (Wildman–Crippen LogP) is 3.29. The Morgan fingerprint density at radius 1 is 1.13 bits per heavy atom. The monoisotopic (exact) mass is 310 g/mol. The zero-order valence-corrected chi connectivity index (χ0v) is 13.2. The highest BCUT2D eigenvalue weighted by Gasteiger charge is 2.17. The number of aromatic nitrogens is 2. The number of carbonyl (C=O) groups is 1. The maximum Gasteiger partial charge on any atom is 0.229 e. The number of rotatable bonds is 4. The third kappa shape index (κ3) is 4.28. The highest BCUT2D eigenvalue weighted by molar-refractivity contribution is 5.91. The molecule has 1 heterocycles. The number of amides is 1. The number of benzene rings is 1. The number of nitrogens with one attached hydrogen (secondary N) is 1. The minimum atomic E-state index is -0.115. The molecular formula is C18H22N4O. The first-order valence-corrected chi connectivity index (χ1v) is 8.18. The van der Waals surface area contributed by atoms with Crippen LogP contribution in [0.4, 0.5) is 11.5 Å². The molecule has 1 aromatic heterocycles. The van der Waals surface area contributed by atoms with E-state index in [1.165, 1.54) is 32.1 Å². The van der Waals surface area contributed by atoms with Gasteiger partial charge in [-0.15, -0.1) is 5.10 Å². The molecular weight excluding hydrogens is 288 g/mol. The van der Waals surface area contributed by atoms with Crippen molar-refractivity contribution in [1.29, 1.82) is 0 Å². The quantitative estimate of drug-likeness (QED) is 0.849. The molecule has 0 aliphatic heterocycles. The van der Waals surface area contributed by atoms with Crippen LogP contribution in [0.3, 0.4) is 0 Å². The molecule has 0 spiro atoms. The Labute approximate surface area is 136 Å². The van der Waals surface area contributed by atoms with E-state index < -0.39 is 0 Å². The molecule has 5 nitrogen and oxygen atoms in total. The molecule has 1 aliphatic carbocycles. The summed E-state index contributed by atoms with van der Waals surface area (Å²) in [5.74, 6) is 0.905. The Balaban J connectivity index is 1.58. The topological polar surface area (TPSA) is 80.9 Å². The average molecular weight is 310 g/mol. The molecule has 0 bridgehead atoms. The standard InChI is InChI=1S/C18H22N4O/c19-15-8-4-5-13(11-15)12-18(23)20-17-10-9-16(21-22-17)14-6-2-1-3-7-14/h4-5,8-11,14H,1-3,6-7,12,19H2,(H,20,22,23). The fourth-order valence-electron chi connectivity index (χ4n) is 3.10. The number of anilines is 2. The van der Waals surface area contributed by atoms with Crippen LogP contribution in [0.1, 0.15) is 49.3 Å². The van der Waals surface area contributed by atoms with Gasteiger partial charge in [-0.3, -0.25) is 4.79 Å². The molecule has 3 rings (SSSR count). The third-order valence-electron chi connectivity index (χ3n) is 4.29. The van der Waals surface area contributed by atoms with Gasteiger partial charge < -0.3 is 11.1 Å². The van der Waals surface area contributed by atoms with E-state index in [0.29, 0.717) is 17.4 Å². The molecule has 0 unspecified atom stereocenters. The average Bonchev–Trinajstić information content (AvgIpc) is 2.56. The first-order valence-electron chi connectivity index (χ1n) is 8.18. The second-order valence-electron chi connectivity index (χ2n) is 6.15. The van der Waals surface area contributed by atoms with Crippen LogP contribution in [-0.2, 0) is 11.2 Å². The van der Waals surface area contributed by atoms with Crippen molar-refractivity contribution in [2.45, 2.75) is 44.4 Å². The second-order valence-corrected chi connectivity index (χ2v) is 6.15. The number of hydrogen-bond acceptors (Lipinski definition) is 4. The van der Waals surface area contributed by atoms with Gasteiger partial charge in [0.05, 0.1) is 12.1 Å². The summed E-state index contributed by atoms with van der Waals surface area (Å²) in [5, 5.41) is 11.2. The molecule has 0 saturated heterocycles. The number of carbonyl (C=O) groups excluding carboxylic acids is 1. The van der Waals surface area contributed by atoms with E-state index in [0.717, 1.165) is 11.3 Å². The van der Waals surface area contributed by atoms with Crippen LogP contribution in [0.2, 0.25) is 0 Å². The Hall–Kier alpha value is -2.43. The van der Waals surface area contributed by atoms with Crippen LogP contribution in [-0.4, -0.2) is 16.1 Å². The summed E-state index contributed by atoms with van der Waals surface area (Å²) in [5.41, 5.74) is 8.30. The summed E-state index contributed by atoms with van der Waals surface area (Å²) in [4.78, 5) is 12.1. The van der Waals surface area contributed by atoms with Gasteiger partial charge in [-0.05, 0) is 42.7 Å². The smallest absolute Gasteiger partial charge is 0.229 e. The number of nitrogens with zero attached hydrogens (tertiary/aromatic N) is 2. The maximum atomic E-state index is 12.1. The van der Waals surface area contributed by atoms with Crippen LogP contribution in [0.25, 0.3) is 0 Å². The highest BCUT2D eigenvalue weighted by Crippen LogP contribution is 2.31. The lowest BCUT2D eigenvalue weighted by atomic mass is 9.87. The molecule has 3 N–H and O–H groups in total. The lowest BCUT2D eigenvalue weighted by Crippen LogP contribution is -2.16. The molecule has 1 aliphatic rings. The van der Waals surface area contributed by atoms with Crippen molar-refractivity contribution in [1.82, 2.24) is 10.2 Å². The molecule has 0 radical (unpaired) electrons. The van der Waals surface area contributed by atoms with Crippen LogP contribution >= 0.6 is 0 Å². The van der Waals surface area contributed by atoms with Crippen molar-refractivity contribution >= 4 is 17.4 Å². The summed E-state index contributed by atoms with van der Waals surface area (Å²) >= 11 is 0. The Morgan fingerprint density at radius 2 is 1.96 bits per heavy atom. The van der Waals surface area contributed by atoms with Gasteiger partial charge in [0.1, 0.15) is 0 Å². The highest BCUT2D eigenvalue weighted by atomic mass is 16.1. The molecule has 120 valence electrons. The van der Waals surface area contributed by atoms with Crippen molar-refractivity contribution in [3.63, 3.8) is 0 Å². The molecule has 1 fully saturated rings. The zero-order valence-electron chi connectivity index (χ0n) is 13.2. The Morgan fingerprint density at radius 3 is 2.65 bits per heavy atom. The van der Waals surface area contributed by atoms with E-state index in [1.807, 2.05) is 24.3 Å². The molecule has 1 aromatic carbocycles. The molecule has 1 amide bonds. The third-order valence-corrected chi connectivity index (χ3v) is 4.29. The van der Waals surface area contributed by atoms with Crippen molar-refractivity contribution in [3.05, 3.63) is 47.7 Å².